The second kappa shape index (κ2) is 6.62. The van der Waals surface area contributed by atoms with Gasteiger partial charge >= 0.3 is 5.97 Å². The molecule has 1 aromatic heterocycles. The Hall–Kier alpha value is -1.91. The normalized spacial score (nSPS) is 11.8. The molecule has 0 fully saturated rings. The molecule has 2 N–H and O–H groups in total. The molecule has 0 aliphatic carbocycles. The van der Waals surface area contributed by atoms with Crippen molar-refractivity contribution in [1.82, 2.24) is 10.3 Å². The number of carbonyl (C=O) groups excluding carboxylic acids is 1. The van der Waals surface area contributed by atoms with Gasteiger partial charge in [-0.25, -0.2) is 0 Å². The zero-order chi connectivity index (χ0) is 12.7. The van der Waals surface area contributed by atoms with E-state index < -0.39 is 5.97 Å². The van der Waals surface area contributed by atoms with Gasteiger partial charge in [-0.3, -0.25) is 14.6 Å². The fourth-order valence-electron chi connectivity index (χ4n) is 1.45. The van der Waals surface area contributed by atoms with Crippen molar-refractivity contribution in [2.75, 3.05) is 6.54 Å². The maximum Gasteiger partial charge on any atom is 0.303 e. The number of hydrogen-bond acceptors (Lipinski definition) is 3. The lowest BCUT2D eigenvalue weighted by atomic mass is 10.0. The summed E-state index contributed by atoms with van der Waals surface area (Å²) in [7, 11) is 0. The summed E-state index contributed by atoms with van der Waals surface area (Å²) in [6.45, 7) is 2.29. The number of amides is 1. The molecule has 0 spiro atoms. The lowest BCUT2D eigenvalue weighted by molar-refractivity contribution is -0.138. The Balaban J connectivity index is 2.44. The van der Waals surface area contributed by atoms with Crippen molar-refractivity contribution in [3.63, 3.8) is 0 Å². The number of nitrogens with one attached hydrogen (secondary N) is 1. The van der Waals surface area contributed by atoms with Gasteiger partial charge in [0, 0.05) is 30.9 Å². The molecule has 0 bridgehead atoms. The first-order chi connectivity index (χ1) is 8.13. The van der Waals surface area contributed by atoms with E-state index in [1.54, 1.807) is 24.5 Å². The van der Waals surface area contributed by atoms with E-state index in [4.69, 9.17) is 5.11 Å². The van der Waals surface area contributed by atoms with Crippen LogP contribution in [0.2, 0.25) is 0 Å². The molecule has 1 unspecified atom stereocenters. The van der Waals surface area contributed by atoms with Crippen LogP contribution in [0, 0.1) is 5.92 Å². The van der Waals surface area contributed by atoms with Gasteiger partial charge in [0.2, 0.25) is 0 Å². The first-order valence-corrected chi connectivity index (χ1v) is 5.53. The zero-order valence-corrected chi connectivity index (χ0v) is 9.72. The van der Waals surface area contributed by atoms with E-state index in [0.717, 1.165) is 6.42 Å². The number of aromatic nitrogens is 1. The minimum atomic E-state index is -0.838. The maximum absolute atomic E-state index is 11.7. The van der Waals surface area contributed by atoms with Crippen molar-refractivity contribution in [2.45, 2.75) is 19.8 Å². The molecule has 1 amide bonds. The van der Waals surface area contributed by atoms with E-state index in [9.17, 15) is 9.59 Å². The average molecular weight is 236 g/mol. The smallest absolute Gasteiger partial charge is 0.303 e. The van der Waals surface area contributed by atoms with Crippen LogP contribution in [0.15, 0.2) is 24.5 Å². The van der Waals surface area contributed by atoms with Crippen LogP contribution in [-0.4, -0.2) is 28.5 Å². The molecule has 5 heteroatoms. The Bertz CT molecular complexity index is 379. The lowest BCUT2D eigenvalue weighted by Crippen LogP contribution is -2.30. The molecule has 92 valence electrons. The summed E-state index contributed by atoms with van der Waals surface area (Å²) < 4.78 is 0. The molecule has 0 aromatic carbocycles. The summed E-state index contributed by atoms with van der Waals surface area (Å²) in [6.07, 6.45) is 3.89. The Morgan fingerprint density at radius 1 is 1.41 bits per heavy atom. The van der Waals surface area contributed by atoms with E-state index in [2.05, 4.69) is 10.3 Å². The minimum absolute atomic E-state index is 0.0294. The molecule has 1 rings (SSSR count). The van der Waals surface area contributed by atoms with Gasteiger partial charge in [-0.2, -0.15) is 0 Å². The maximum atomic E-state index is 11.7. The number of nitrogens with zero attached hydrogens (tertiary/aromatic N) is 1. The Morgan fingerprint density at radius 3 is 2.59 bits per heavy atom. The van der Waals surface area contributed by atoms with Crippen molar-refractivity contribution in [3.05, 3.63) is 30.1 Å². The number of rotatable bonds is 6. The molecular weight excluding hydrogens is 220 g/mol. The van der Waals surface area contributed by atoms with Gasteiger partial charge in [-0.05, 0) is 18.1 Å². The topological polar surface area (TPSA) is 79.3 Å². The Morgan fingerprint density at radius 2 is 2.06 bits per heavy atom. The molecule has 0 radical (unpaired) electrons. The fourth-order valence-corrected chi connectivity index (χ4v) is 1.45. The Labute approximate surface area is 99.9 Å². The van der Waals surface area contributed by atoms with Crippen LogP contribution >= 0.6 is 0 Å². The van der Waals surface area contributed by atoms with Crippen molar-refractivity contribution in [3.8, 4) is 0 Å². The van der Waals surface area contributed by atoms with E-state index >= 15 is 0 Å². The minimum Gasteiger partial charge on any atom is -0.481 e. The zero-order valence-electron chi connectivity index (χ0n) is 9.72. The number of aliphatic carboxylic acids is 1. The van der Waals surface area contributed by atoms with Crippen LogP contribution in [0.4, 0.5) is 0 Å². The Kier molecular flexibility index (Phi) is 5.13. The van der Waals surface area contributed by atoms with Crippen LogP contribution in [0.1, 0.15) is 30.1 Å². The third-order valence-electron chi connectivity index (χ3n) is 2.53. The number of carboxylic acids is 1. The molecular formula is C12H16N2O3. The van der Waals surface area contributed by atoms with E-state index in [1.165, 1.54) is 0 Å². The summed E-state index contributed by atoms with van der Waals surface area (Å²) in [4.78, 5) is 26.0. The SMILES string of the molecule is CCC(CNC(=O)c1ccncc1)CC(=O)O. The summed E-state index contributed by atoms with van der Waals surface area (Å²) >= 11 is 0. The summed E-state index contributed by atoms with van der Waals surface area (Å²) in [5, 5.41) is 11.4. The second-order valence-corrected chi connectivity index (χ2v) is 3.82. The highest BCUT2D eigenvalue weighted by molar-refractivity contribution is 5.93. The molecule has 1 aromatic rings. The van der Waals surface area contributed by atoms with E-state index in [-0.39, 0.29) is 18.2 Å². The highest BCUT2D eigenvalue weighted by Gasteiger charge is 2.13. The number of carboxylic acid groups (broad SMARTS) is 1. The molecule has 1 heterocycles. The van der Waals surface area contributed by atoms with E-state index in [0.29, 0.717) is 12.1 Å². The van der Waals surface area contributed by atoms with Gasteiger partial charge in [0.15, 0.2) is 0 Å². The predicted octanol–water partition coefficient (Wildman–Crippen LogP) is 1.31. The van der Waals surface area contributed by atoms with Gasteiger partial charge in [-0.15, -0.1) is 0 Å². The standard InChI is InChI=1S/C12H16N2O3/c1-2-9(7-11(15)16)8-14-12(17)10-3-5-13-6-4-10/h3-6,9H,2,7-8H2,1H3,(H,14,17)(H,15,16). The first-order valence-electron chi connectivity index (χ1n) is 5.53. The molecule has 5 nitrogen and oxygen atoms in total. The van der Waals surface area contributed by atoms with Crippen molar-refractivity contribution in [2.24, 2.45) is 5.92 Å². The van der Waals surface area contributed by atoms with E-state index in [1.807, 2.05) is 6.92 Å². The van der Waals surface area contributed by atoms with Crippen molar-refractivity contribution in [1.29, 1.82) is 0 Å². The van der Waals surface area contributed by atoms with Gasteiger partial charge in [0.25, 0.3) is 5.91 Å². The molecule has 0 saturated heterocycles. The number of carbonyl (C=O) groups is 2. The van der Waals surface area contributed by atoms with Crippen molar-refractivity contribution < 1.29 is 14.7 Å². The van der Waals surface area contributed by atoms with Crippen LogP contribution in [-0.2, 0) is 4.79 Å². The van der Waals surface area contributed by atoms with Crippen LogP contribution < -0.4 is 5.32 Å². The fraction of sp³-hybridized carbons (Fsp3) is 0.417. The molecule has 0 saturated carbocycles. The van der Waals surface area contributed by atoms with Gasteiger partial charge in [0.1, 0.15) is 0 Å². The van der Waals surface area contributed by atoms with Crippen LogP contribution in [0.25, 0.3) is 0 Å². The quantitative estimate of drug-likeness (QED) is 0.780. The predicted molar refractivity (Wildman–Crippen MR) is 62.6 cm³/mol. The molecule has 0 aliphatic rings. The highest BCUT2D eigenvalue weighted by Crippen LogP contribution is 2.07. The summed E-state index contributed by atoms with van der Waals surface area (Å²) in [5.41, 5.74) is 0.533. The lowest BCUT2D eigenvalue weighted by Gasteiger charge is -2.13. The first kappa shape index (κ1) is 13.2. The summed E-state index contributed by atoms with van der Waals surface area (Å²) in [6, 6.07) is 3.24. The molecule has 17 heavy (non-hydrogen) atoms. The highest BCUT2D eigenvalue weighted by atomic mass is 16.4. The summed E-state index contributed by atoms with van der Waals surface area (Å²) in [5.74, 6) is -1.07. The van der Waals surface area contributed by atoms with Crippen molar-refractivity contribution >= 4 is 11.9 Å². The molecule has 1 atom stereocenters. The monoisotopic (exact) mass is 236 g/mol. The second-order valence-electron chi connectivity index (χ2n) is 3.82. The van der Waals surface area contributed by atoms with Gasteiger partial charge in [-0.1, -0.05) is 13.3 Å². The van der Waals surface area contributed by atoms with Gasteiger partial charge < -0.3 is 10.4 Å². The molecule has 0 aliphatic heterocycles. The van der Waals surface area contributed by atoms with Crippen LogP contribution in [0.3, 0.4) is 0 Å². The number of hydrogen-bond donors (Lipinski definition) is 2. The third-order valence-corrected chi connectivity index (χ3v) is 2.53. The third kappa shape index (κ3) is 4.63. The number of pyridine rings is 1. The largest absolute Gasteiger partial charge is 0.481 e. The average Bonchev–Trinajstić information content (AvgIpc) is 2.34. The van der Waals surface area contributed by atoms with Crippen LogP contribution in [0.5, 0.6) is 0 Å². The van der Waals surface area contributed by atoms with Gasteiger partial charge in [0.05, 0.1) is 0 Å².